The van der Waals surface area contributed by atoms with E-state index in [0.717, 1.165) is 12.0 Å². The van der Waals surface area contributed by atoms with Crippen LogP contribution in [0.2, 0.25) is 0 Å². The van der Waals surface area contributed by atoms with Crippen LogP contribution in [-0.2, 0) is 30.2 Å². The lowest BCUT2D eigenvalue weighted by Gasteiger charge is -2.64. The quantitative estimate of drug-likeness (QED) is 0.454. The van der Waals surface area contributed by atoms with Crippen molar-refractivity contribution in [1.29, 1.82) is 0 Å². The maximum atomic E-state index is 12.4. The highest BCUT2D eigenvalue weighted by molar-refractivity contribution is 6.47. The summed E-state index contributed by atoms with van der Waals surface area (Å²) in [6.07, 6.45) is 3.13. The van der Waals surface area contributed by atoms with Crippen molar-refractivity contribution in [1.82, 2.24) is 0 Å². The Morgan fingerprint density at radius 2 is 1.90 bits per heavy atom. The average Bonchev–Trinajstić information content (AvgIpc) is 3.04. The molecular formula is C25H37BO5. The Balaban J connectivity index is 1.44. The predicted molar refractivity (Wildman–Crippen MR) is 120 cm³/mol. The van der Waals surface area contributed by atoms with E-state index < -0.39 is 12.7 Å². The van der Waals surface area contributed by atoms with E-state index in [1.54, 1.807) is 0 Å². The van der Waals surface area contributed by atoms with Gasteiger partial charge in [-0.05, 0) is 69.8 Å². The fourth-order valence-electron chi connectivity index (χ4n) is 5.79. The normalized spacial score (nSPS) is 32.2. The van der Waals surface area contributed by atoms with E-state index in [1.165, 1.54) is 6.42 Å². The second kappa shape index (κ2) is 8.20. The second-order valence-corrected chi connectivity index (χ2v) is 11.3. The maximum Gasteiger partial charge on any atom is 0.488 e. The van der Waals surface area contributed by atoms with Gasteiger partial charge in [-0.1, -0.05) is 44.2 Å². The van der Waals surface area contributed by atoms with Crippen LogP contribution in [-0.4, -0.2) is 36.4 Å². The standard InChI is InChI=1S/C25H37BO5/c1-23(2,3)29-22(27)13-12-21(28-16-17-10-8-7-9-11-17)26-30-20-15-18-14-19(24(18,4)5)25(20,6)31-26/h7-11,18-21H,12-16H2,1-6H3/t18-,19-,20+,21-,25-/m1/s1. The van der Waals surface area contributed by atoms with Crippen molar-refractivity contribution in [3.63, 3.8) is 0 Å². The molecule has 1 aliphatic heterocycles. The van der Waals surface area contributed by atoms with Gasteiger partial charge in [0.1, 0.15) is 5.60 Å². The molecule has 1 aromatic rings. The molecule has 0 N–H and O–H groups in total. The van der Waals surface area contributed by atoms with Crippen molar-refractivity contribution in [3.05, 3.63) is 35.9 Å². The van der Waals surface area contributed by atoms with Crippen LogP contribution in [0, 0.1) is 17.3 Å². The molecule has 5 rings (SSSR count). The summed E-state index contributed by atoms with van der Waals surface area (Å²) in [5, 5.41) is 0. The van der Waals surface area contributed by atoms with Crippen molar-refractivity contribution in [2.75, 3.05) is 0 Å². The van der Waals surface area contributed by atoms with Crippen LogP contribution in [0.15, 0.2) is 30.3 Å². The van der Waals surface area contributed by atoms with E-state index in [-0.39, 0.29) is 30.1 Å². The number of carbonyl (C=O) groups is 1. The minimum atomic E-state index is -0.493. The van der Waals surface area contributed by atoms with Gasteiger partial charge in [0.2, 0.25) is 0 Å². The van der Waals surface area contributed by atoms with Crippen LogP contribution >= 0.6 is 0 Å². The number of rotatable bonds is 7. The van der Waals surface area contributed by atoms with Crippen molar-refractivity contribution in [2.45, 2.75) is 97.1 Å². The Kier molecular flexibility index (Phi) is 6.04. The molecule has 3 aliphatic carbocycles. The van der Waals surface area contributed by atoms with E-state index in [9.17, 15) is 4.79 Å². The fraction of sp³-hybridized carbons (Fsp3) is 0.720. The second-order valence-electron chi connectivity index (χ2n) is 11.3. The maximum absolute atomic E-state index is 12.4. The van der Waals surface area contributed by atoms with Crippen molar-refractivity contribution in [3.8, 4) is 0 Å². The summed E-state index contributed by atoms with van der Waals surface area (Å²) in [5.41, 5.74) is 0.603. The Labute approximate surface area is 187 Å². The molecule has 0 aromatic heterocycles. The summed E-state index contributed by atoms with van der Waals surface area (Å²) in [5.74, 6) is 0.976. The smallest absolute Gasteiger partial charge is 0.460 e. The summed E-state index contributed by atoms with van der Waals surface area (Å²) in [7, 11) is -0.462. The molecule has 5 nitrogen and oxygen atoms in total. The van der Waals surface area contributed by atoms with E-state index >= 15 is 0 Å². The Bertz CT molecular complexity index is 789. The van der Waals surface area contributed by atoms with Crippen LogP contribution in [0.4, 0.5) is 0 Å². The Hall–Kier alpha value is -1.37. The number of carbonyl (C=O) groups excluding carboxylic acids is 1. The van der Waals surface area contributed by atoms with Crippen LogP contribution < -0.4 is 0 Å². The van der Waals surface area contributed by atoms with Gasteiger partial charge >= 0.3 is 13.1 Å². The van der Waals surface area contributed by atoms with Gasteiger partial charge in [0, 0.05) is 6.42 Å². The van der Waals surface area contributed by atoms with Crippen molar-refractivity contribution in [2.24, 2.45) is 17.3 Å². The van der Waals surface area contributed by atoms with Gasteiger partial charge in [-0.15, -0.1) is 0 Å². The van der Waals surface area contributed by atoms with Gasteiger partial charge in [0.15, 0.2) is 0 Å². The number of ether oxygens (including phenoxy) is 2. The first-order chi connectivity index (χ1) is 14.5. The lowest BCUT2D eigenvalue weighted by molar-refractivity contribution is -0.199. The summed E-state index contributed by atoms with van der Waals surface area (Å²) in [6.45, 7) is 13.0. The van der Waals surface area contributed by atoms with Gasteiger partial charge in [0.05, 0.1) is 24.3 Å². The molecule has 3 saturated carbocycles. The molecule has 0 spiro atoms. The van der Waals surface area contributed by atoms with Gasteiger partial charge < -0.3 is 18.8 Å². The highest BCUT2D eigenvalue weighted by atomic mass is 16.7. The molecular weight excluding hydrogens is 391 g/mol. The number of hydrogen-bond donors (Lipinski definition) is 0. The first-order valence-electron chi connectivity index (χ1n) is 11.7. The summed E-state index contributed by atoms with van der Waals surface area (Å²) < 4.78 is 24.9. The minimum Gasteiger partial charge on any atom is -0.460 e. The zero-order valence-electron chi connectivity index (χ0n) is 19.9. The summed E-state index contributed by atoms with van der Waals surface area (Å²) in [6, 6.07) is 9.75. The topological polar surface area (TPSA) is 54.0 Å². The molecule has 170 valence electrons. The zero-order valence-corrected chi connectivity index (χ0v) is 19.9. The molecule has 2 bridgehead atoms. The molecule has 6 heteroatoms. The number of hydrogen-bond acceptors (Lipinski definition) is 5. The molecule has 4 fully saturated rings. The van der Waals surface area contributed by atoms with Crippen LogP contribution in [0.3, 0.4) is 0 Å². The number of benzene rings is 1. The summed E-state index contributed by atoms with van der Waals surface area (Å²) >= 11 is 0. The largest absolute Gasteiger partial charge is 0.488 e. The van der Waals surface area contributed by atoms with Crippen LogP contribution in [0.25, 0.3) is 0 Å². The molecule has 1 aromatic carbocycles. The van der Waals surface area contributed by atoms with Crippen LogP contribution in [0.1, 0.15) is 72.8 Å². The molecule has 0 unspecified atom stereocenters. The van der Waals surface area contributed by atoms with E-state index in [2.05, 4.69) is 20.8 Å². The zero-order chi connectivity index (χ0) is 22.4. The summed E-state index contributed by atoms with van der Waals surface area (Å²) in [4.78, 5) is 12.4. The van der Waals surface area contributed by atoms with E-state index in [4.69, 9.17) is 18.8 Å². The van der Waals surface area contributed by atoms with Gasteiger partial charge in [-0.2, -0.15) is 0 Å². The van der Waals surface area contributed by atoms with Crippen LogP contribution in [0.5, 0.6) is 0 Å². The van der Waals surface area contributed by atoms with Gasteiger partial charge in [-0.25, -0.2) is 0 Å². The average molecular weight is 428 g/mol. The Morgan fingerprint density at radius 1 is 1.19 bits per heavy atom. The Morgan fingerprint density at radius 3 is 2.55 bits per heavy atom. The highest BCUT2D eigenvalue weighted by Crippen LogP contribution is 2.65. The molecule has 1 heterocycles. The van der Waals surface area contributed by atoms with Crippen molar-refractivity contribution < 1.29 is 23.6 Å². The monoisotopic (exact) mass is 428 g/mol. The molecule has 31 heavy (non-hydrogen) atoms. The van der Waals surface area contributed by atoms with Gasteiger partial charge in [0.25, 0.3) is 0 Å². The third kappa shape index (κ3) is 4.58. The minimum absolute atomic E-state index is 0.0960. The molecule has 1 saturated heterocycles. The fourth-order valence-corrected chi connectivity index (χ4v) is 5.79. The van der Waals surface area contributed by atoms with E-state index in [1.807, 2.05) is 51.1 Å². The molecule has 0 radical (unpaired) electrons. The SMILES string of the molecule is CC(C)(C)OC(=O)CC[C@@H](OCc1ccccc1)B1O[C@H]2C[C@H]3C[C@H](C3(C)C)[C@@]2(C)O1. The first kappa shape index (κ1) is 22.8. The first-order valence-corrected chi connectivity index (χ1v) is 11.7. The molecule has 0 amide bonds. The predicted octanol–water partition coefficient (Wildman–Crippen LogP) is 4.96. The lowest BCUT2D eigenvalue weighted by Crippen LogP contribution is -2.65. The third-order valence-electron chi connectivity index (χ3n) is 7.63. The van der Waals surface area contributed by atoms with Crippen molar-refractivity contribution >= 4 is 13.1 Å². The molecule has 5 atom stereocenters. The number of esters is 1. The molecule has 4 aliphatic rings. The third-order valence-corrected chi connectivity index (χ3v) is 7.63. The van der Waals surface area contributed by atoms with E-state index in [0.29, 0.717) is 30.3 Å². The van der Waals surface area contributed by atoms with Gasteiger partial charge in [-0.3, -0.25) is 4.79 Å². The lowest BCUT2D eigenvalue weighted by atomic mass is 9.43. The highest BCUT2D eigenvalue weighted by Gasteiger charge is 2.68.